The second-order valence-corrected chi connectivity index (χ2v) is 8.88. The summed E-state index contributed by atoms with van der Waals surface area (Å²) in [5, 5.41) is 3.71. The van der Waals surface area contributed by atoms with Crippen LogP contribution in [0.2, 0.25) is 5.02 Å². The van der Waals surface area contributed by atoms with Gasteiger partial charge in [0, 0.05) is 22.6 Å². The van der Waals surface area contributed by atoms with Gasteiger partial charge in [-0.3, -0.25) is 0 Å². The maximum Gasteiger partial charge on any atom is 0.322 e. The van der Waals surface area contributed by atoms with Gasteiger partial charge >= 0.3 is 6.03 Å². The average Bonchev–Trinajstić information content (AvgIpc) is 3.26. The fourth-order valence-electron chi connectivity index (χ4n) is 4.54. The predicted octanol–water partition coefficient (Wildman–Crippen LogP) is 7.14. The number of nitrogens with one attached hydrogen (secondary N) is 1. The smallest absolute Gasteiger partial charge is 0.318 e. The van der Waals surface area contributed by atoms with Crippen LogP contribution in [0.1, 0.15) is 40.9 Å². The summed E-state index contributed by atoms with van der Waals surface area (Å²) in [6.07, 6.45) is 3.05. The summed E-state index contributed by atoms with van der Waals surface area (Å²) in [5.41, 5.74) is 7.30. The SMILES string of the molecule is CCc1ccc([C@@H]2c3cccn3-c3ccccc3CN2C(=O)Nc2cc(Cl)ccc2C)cc1. The standard InChI is InChI=1S/C28H26ClN3O/c1-3-20-11-13-21(14-12-20)27-26-9-6-16-31(26)25-8-5-4-7-22(25)18-32(27)28(33)30-24-17-23(29)15-10-19(24)2/h4-17,27H,3,18H2,1-2H3,(H,30,33)/t27-/m1/s1. The van der Waals surface area contributed by atoms with Crippen LogP contribution in [0.15, 0.2) is 85.1 Å². The number of para-hydroxylation sites is 1. The Morgan fingerprint density at radius 2 is 1.82 bits per heavy atom. The van der Waals surface area contributed by atoms with Crippen molar-refractivity contribution >= 4 is 23.3 Å². The molecule has 0 saturated heterocycles. The van der Waals surface area contributed by atoms with Crippen molar-refractivity contribution in [3.8, 4) is 5.69 Å². The van der Waals surface area contributed by atoms with Crippen molar-refractivity contribution in [2.75, 3.05) is 5.32 Å². The molecule has 3 aromatic carbocycles. The van der Waals surface area contributed by atoms with Gasteiger partial charge in [-0.05, 0) is 65.9 Å². The summed E-state index contributed by atoms with van der Waals surface area (Å²) in [5.74, 6) is 0. The third kappa shape index (κ3) is 4.03. The van der Waals surface area contributed by atoms with Crippen LogP contribution in [-0.2, 0) is 13.0 Å². The summed E-state index contributed by atoms with van der Waals surface area (Å²) in [6.45, 7) is 4.61. The molecule has 4 nitrogen and oxygen atoms in total. The van der Waals surface area contributed by atoms with Gasteiger partial charge in [-0.15, -0.1) is 0 Å². The predicted molar refractivity (Wildman–Crippen MR) is 134 cm³/mol. The van der Waals surface area contributed by atoms with Crippen molar-refractivity contribution in [2.24, 2.45) is 0 Å². The molecule has 1 N–H and O–H groups in total. The maximum atomic E-state index is 13.8. The minimum absolute atomic E-state index is 0.158. The number of fused-ring (bicyclic) bond motifs is 3. The van der Waals surface area contributed by atoms with Gasteiger partial charge in [-0.1, -0.05) is 67.1 Å². The van der Waals surface area contributed by atoms with Gasteiger partial charge in [0.1, 0.15) is 0 Å². The lowest BCUT2D eigenvalue weighted by atomic mass is 10.00. The molecule has 1 aliphatic rings. The molecule has 0 aliphatic carbocycles. The third-order valence-electron chi connectivity index (χ3n) is 6.37. The Balaban J connectivity index is 1.63. The molecule has 2 heterocycles. The molecule has 0 spiro atoms. The van der Waals surface area contributed by atoms with Gasteiger partial charge in [0.05, 0.1) is 18.3 Å². The van der Waals surface area contributed by atoms with Crippen molar-refractivity contribution in [3.05, 3.63) is 118 Å². The lowest BCUT2D eigenvalue weighted by Gasteiger charge is -2.31. The molecule has 0 unspecified atom stereocenters. The van der Waals surface area contributed by atoms with E-state index in [1.165, 1.54) is 5.56 Å². The van der Waals surface area contributed by atoms with Gasteiger partial charge in [0.15, 0.2) is 0 Å². The van der Waals surface area contributed by atoms with E-state index in [2.05, 4.69) is 65.5 Å². The summed E-state index contributed by atoms with van der Waals surface area (Å²) in [4.78, 5) is 15.7. The highest BCUT2D eigenvalue weighted by Gasteiger charge is 2.33. The Hall–Kier alpha value is -3.50. The van der Waals surface area contributed by atoms with Crippen molar-refractivity contribution in [1.29, 1.82) is 0 Å². The number of carbonyl (C=O) groups is 1. The number of hydrogen-bond donors (Lipinski definition) is 1. The zero-order valence-corrected chi connectivity index (χ0v) is 19.5. The van der Waals surface area contributed by atoms with E-state index in [0.29, 0.717) is 11.6 Å². The molecule has 33 heavy (non-hydrogen) atoms. The lowest BCUT2D eigenvalue weighted by Crippen LogP contribution is -2.38. The van der Waals surface area contributed by atoms with Gasteiger partial charge in [0.25, 0.3) is 0 Å². The van der Waals surface area contributed by atoms with E-state index in [9.17, 15) is 4.79 Å². The minimum atomic E-state index is -0.238. The van der Waals surface area contributed by atoms with E-state index in [1.807, 2.05) is 42.2 Å². The minimum Gasteiger partial charge on any atom is -0.318 e. The molecule has 5 heteroatoms. The van der Waals surface area contributed by atoms with Crippen molar-refractivity contribution in [3.63, 3.8) is 0 Å². The highest BCUT2D eigenvalue weighted by atomic mass is 35.5. The van der Waals surface area contributed by atoms with Crippen LogP contribution < -0.4 is 5.32 Å². The number of anilines is 1. The van der Waals surface area contributed by atoms with Crippen LogP contribution in [0.3, 0.4) is 0 Å². The summed E-state index contributed by atoms with van der Waals surface area (Å²) >= 11 is 6.22. The number of aryl methyl sites for hydroxylation is 2. The van der Waals surface area contributed by atoms with Crippen molar-refractivity contribution < 1.29 is 4.79 Å². The Morgan fingerprint density at radius 1 is 1.03 bits per heavy atom. The number of carbonyl (C=O) groups excluding carboxylic acids is 1. The first-order valence-corrected chi connectivity index (χ1v) is 11.6. The van der Waals surface area contributed by atoms with Gasteiger partial charge in [-0.2, -0.15) is 0 Å². The Morgan fingerprint density at radius 3 is 2.61 bits per heavy atom. The fourth-order valence-corrected chi connectivity index (χ4v) is 4.71. The quantitative estimate of drug-likeness (QED) is 0.350. The summed E-state index contributed by atoms with van der Waals surface area (Å²) in [7, 11) is 0. The second-order valence-electron chi connectivity index (χ2n) is 8.45. The molecule has 5 rings (SSSR count). The van der Waals surface area contributed by atoms with Gasteiger partial charge in [0.2, 0.25) is 0 Å². The molecular weight excluding hydrogens is 430 g/mol. The van der Waals surface area contributed by atoms with Gasteiger partial charge < -0.3 is 14.8 Å². The normalized spacial score (nSPS) is 14.9. The van der Waals surface area contributed by atoms with E-state index >= 15 is 0 Å². The Kier molecular flexibility index (Phi) is 5.69. The molecule has 0 radical (unpaired) electrons. The van der Waals surface area contributed by atoms with E-state index in [-0.39, 0.29) is 12.1 Å². The molecule has 0 fully saturated rings. The van der Waals surface area contributed by atoms with Crippen molar-refractivity contribution in [2.45, 2.75) is 32.9 Å². The summed E-state index contributed by atoms with van der Waals surface area (Å²) < 4.78 is 2.20. The number of amides is 2. The van der Waals surface area contributed by atoms with Crippen LogP contribution in [0.5, 0.6) is 0 Å². The van der Waals surface area contributed by atoms with Crippen LogP contribution in [0, 0.1) is 6.92 Å². The lowest BCUT2D eigenvalue weighted by molar-refractivity contribution is 0.194. The average molecular weight is 456 g/mol. The van der Waals surface area contributed by atoms with E-state index in [4.69, 9.17) is 11.6 Å². The molecule has 4 aromatic rings. The first-order chi connectivity index (χ1) is 16.0. The molecule has 0 bridgehead atoms. The highest BCUT2D eigenvalue weighted by molar-refractivity contribution is 6.31. The molecule has 1 aliphatic heterocycles. The number of urea groups is 1. The molecule has 0 saturated carbocycles. The molecule has 1 atom stereocenters. The van der Waals surface area contributed by atoms with E-state index < -0.39 is 0 Å². The second kappa shape index (κ2) is 8.80. The Labute approximate surface area is 199 Å². The zero-order chi connectivity index (χ0) is 22.9. The van der Waals surface area contributed by atoms with Gasteiger partial charge in [-0.25, -0.2) is 4.79 Å². The number of benzene rings is 3. The number of halogens is 1. The fraction of sp³-hybridized carbons (Fsp3) is 0.179. The largest absolute Gasteiger partial charge is 0.322 e. The maximum absolute atomic E-state index is 13.8. The first kappa shape index (κ1) is 21.4. The van der Waals surface area contributed by atoms with E-state index in [0.717, 1.165) is 40.2 Å². The van der Waals surface area contributed by atoms with Crippen LogP contribution in [0.25, 0.3) is 5.69 Å². The van der Waals surface area contributed by atoms with E-state index in [1.54, 1.807) is 6.07 Å². The monoisotopic (exact) mass is 455 g/mol. The van der Waals surface area contributed by atoms with Crippen LogP contribution in [0.4, 0.5) is 10.5 Å². The first-order valence-electron chi connectivity index (χ1n) is 11.2. The number of rotatable bonds is 3. The number of hydrogen-bond acceptors (Lipinski definition) is 1. The number of nitrogens with zero attached hydrogens (tertiary/aromatic N) is 2. The van der Waals surface area contributed by atoms with Crippen LogP contribution in [-0.4, -0.2) is 15.5 Å². The highest BCUT2D eigenvalue weighted by Crippen LogP contribution is 2.37. The Bertz CT molecular complexity index is 1310. The summed E-state index contributed by atoms with van der Waals surface area (Å²) in [6, 6.07) is 26.1. The van der Waals surface area contributed by atoms with Crippen LogP contribution >= 0.6 is 11.6 Å². The topological polar surface area (TPSA) is 37.3 Å². The third-order valence-corrected chi connectivity index (χ3v) is 6.60. The molecule has 166 valence electrons. The zero-order valence-electron chi connectivity index (χ0n) is 18.8. The molecular formula is C28H26ClN3O. The molecule has 1 aromatic heterocycles. The van der Waals surface area contributed by atoms with Crippen molar-refractivity contribution in [1.82, 2.24) is 9.47 Å². The number of aromatic nitrogens is 1. The molecule has 2 amide bonds.